The highest BCUT2D eigenvalue weighted by molar-refractivity contribution is 6.12. The van der Waals surface area contributed by atoms with Crippen molar-refractivity contribution in [3.63, 3.8) is 0 Å². The monoisotopic (exact) mass is 545 g/mol. The molecule has 1 aliphatic carbocycles. The van der Waals surface area contributed by atoms with E-state index in [0.717, 1.165) is 22.5 Å². The SMILES string of the molecule is CC.CC(=O)Nc1c(C)[nH]c(C2C#CC23C(=O)Nc2ccc(C(=O)NC(C)c4ccc(F)cc4)cc23)c1C.CN. The minimum Gasteiger partial charge on any atom is -0.359 e. The molecule has 2 aromatic carbocycles. The van der Waals surface area contributed by atoms with Gasteiger partial charge in [-0.05, 0) is 69.3 Å². The number of aryl methyl sites for hydroxylation is 1. The van der Waals surface area contributed by atoms with Crippen LogP contribution in [-0.4, -0.2) is 29.8 Å². The second-order valence-corrected chi connectivity index (χ2v) is 9.32. The normalized spacial score (nSPS) is 18.3. The number of rotatable bonds is 5. The third kappa shape index (κ3) is 5.23. The molecule has 1 aliphatic heterocycles. The molecule has 0 fully saturated rings. The fraction of sp³-hybridized carbons (Fsp3) is 0.323. The van der Waals surface area contributed by atoms with E-state index < -0.39 is 11.3 Å². The van der Waals surface area contributed by atoms with Crippen LogP contribution in [0.1, 0.15) is 78.1 Å². The number of nitrogens with two attached hydrogens (primary N) is 1. The quantitative estimate of drug-likeness (QED) is 0.295. The maximum Gasteiger partial charge on any atom is 0.251 e. The van der Waals surface area contributed by atoms with Gasteiger partial charge in [-0.15, -0.1) is 0 Å². The van der Waals surface area contributed by atoms with E-state index in [1.165, 1.54) is 26.1 Å². The number of nitrogens with one attached hydrogen (secondary N) is 4. The van der Waals surface area contributed by atoms with Gasteiger partial charge in [0.2, 0.25) is 11.8 Å². The molecule has 0 radical (unpaired) electrons. The average molecular weight is 546 g/mol. The Hall–Kier alpha value is -4.42. The van der Waals surface area contributed by atoms with E-state index in [1.54, 1.807) is 30.3 Å². The van der Waals surface area contributed by atoms with Crippen molar-refractivity contribution in [2.45, 2.75) is 58.9 Å². The Kier molecular flexibility index (Phi) is 9.17. The van der Waals surface area contributed by atoms with Crippen LogP contribution in [0, 0.1) is 31.5 Å². The van der Waals surface area contributed by atoms with E-state index in [4.69, 9.17) is 0 Å². The van der Waals surface area contributed by atoms with Crippen LogP contribution >= 0.6 is 0 Å². The number of fused-ring (bicyclic) bond motifs is 2. The van der Waals surface area contributed by atoms with Gasteiger partial charge in [0.1, 0.15) is 5.82 Å². The Morgan fingerprint density at radius 3 is 2.33 bits per heavy atom. The number of aromatic nitrogens is 1. The first-order chi connectivity index (χ1) is 19.1. The van der Waals surface area contributed by atoms with E-state index in [2.05, 4.69) is 38.5 Å². The third-order valence-electron chi connectivity index (χ3n) is 6.94. The van der Waals surface area contributed by atoms with Gasteiger partial charge in [0.15, 0.2) is 5.41 Å². The van der Waals surface area contributed by atoms with Crippen molar-refractivity contribution in [3.05, 3.63) is 81.9 Å². The Morgan fingerprint density at radius 1 is 1.10 bits per heavy atom. The zero-order valence-electron chi connectivity index (χ0n) is 23.9. The van der Waals surface area contributed by atoms with Gasteiger partial charge in [0.05, 0.1) is 17.6 Å². The van der Waals surface area contributed by atoms with Gasteiger partial charge < -0.3 is 26.7 Å². The van der Waals surface area contributed by atoms with Gasteiger partial charge in [0.25, 0.3) is 5.91 Å². The number of halogens is 1. The summed E-state index contributed by atoms with van der Waals surface area (Å²) >= 11 is 0. The first kappa shape index (κ1) is 30.1. The average Bonchev–Trinajstić information content (AvgIpc) is 3.38. The predicted molar refractivity (Wildman–Crippen MR) is 156 cm³/mol. The summed E-state index contributed by atoms with van der Waals surface area (Å²) in [5.41, 5.74) is 8.84. The fourth-order valence-corrected chi connectivity index (χ4v) is 4.99. The number of hydrogen-bond acceptors (Lipinski definition) is 4. The molecule has 2 aliphatic rings. The van der Waals surface area contributed by atoms with Crippen LogP contribution in [0.2, 0.25) is 0 Å². The molecule has 3 amide bonds. The maximum atomic E-state index is 13.3. The molecule has 2 heterocycles. The zero-order valence-corrected chi connectivity index (χ0v) is 23.9. The number of aromatic amines is 1. The highest BCUT2D eigenvalue weighted by atomic mass is 19.1. The number of hydrogen-bond donors (Lipinski definition) is 5. The lowest BCUT2D eigenvalue weighted by Gasteiger charge is -2.34. The van der Waals surface area contributed by atoms with E-state index in [1.807, 2.05) is 34.6 Å². The van der Waals surface area contributed by atoms with Crippen molar-refractivity contribution >= 4 is 29.1 Å². The summed E-state index contributed by atoms with van der Waals surface area (Å²) in [6, 6.07) is 10.7. The summed E-state index contributed by atoms with van der Waals surface area (Å²) < 4.78 is 13.3. The number of benzene rings is 2. The molecule has 3 unspecified atom stereocenters. The second-order valence-electron chi connectivity index (χ2n) is 9.32. The first-order valence-corrected chi connectivity index (χ1v) is 13.2. The number of amides is 3. The van der Waals surface area contributed by atoms with E-state index in [0.29, 0.717) is 22.5 Å². The highest BCUT2D eigenvalue weighted by Gasteiger charge is 2.56. The largest absolute Gasteiger partial charge is 0.359 e. The van der Waals surface area contributed by atoms with Crippen molar-refractivity contribution in [2.75, 3.05) is 17.7 Å². The molecule has 3 atom stereocenters. The smallest absolute Gasteiger partial charge is 0.251 e. The molecule has 40 heavy (non-hydrogen) atoms. The lowest BCUT2D eigenvalue weighted by Crippen LogP contribution is -2.44. The molecule has 0 bridgehead atoms. The minimum absolute atomic E-state index is 0.185. The number of carbonyl (C=O) groups is 3. The minimum atomic E-state index is -1.14. The van der Waals surface area contributed by atoms with E-state index >= 15 is 0 Å². The number of H-pyrrole nitrogens is 1. The van der Waals surface area contributed by atoms with Crippen molar-refractivity contribution in [1.29, 1.82) is 0 Å². The molecule has 5 rings (SSSR count). The second kappa shape index (κ2) is 12.2. The molecular weight excluding hydrogens is 509 g/mol. The Balaban J connectivity index is 0.00000106. The van der Waals surface area contributed by atoms with Crippen LogP contribution in [0.3, 0.4) is 0 Å². The highest BCUT2D eigenvalue weighted by Crippen LogP contribution is 2.52. The molecule has 0 saturated carbocycles. The van der Waals surface area contributed by atoms with E-state index in [-0.39, 0.29) is 29.6 Å². The van der Waals surface area contributed by atoms with Crippen LogP contribution in [0.4, 0.5) is 15.8 Å². The molecule has 3 aromatic rings. The molecular formula is C31H36FN5O3. The standard InChI is InChI=1S/C28H25FN4O3.C2H6.CH5N/c1-14-24(32-17(4)34)16(3)30-25(14)21-11-12-28(21)22-13-19(7-10-23(22)33-27(28)36)26(35)31-15(2)18-5-8-20(29)9-6-18;2*1-2/h5-10,13,15,21,30H,1-4H3,(H,31,35)(H,32,34)(H,33,36);1-2H3;2H2,1H3. The van der Waals surface area contributed by atoms with Gasteiger partial charge in [-0.3, -0.25) is 14.4 Å². The molecule has 6 N–H and O–H groups in total. The van der Waals surface area contributed by atoms with Gasteiger partial charge in [-0.1, -0.05) is 37.8 Å². The van der Waals surface area contributed by atoms with Crippen LogP contribution in [0.5, 0.6) is 0 Å². The third-order valence-corrected chi connectivity index (χ3v) is 6.94. The van der Waals surface area contributed by atoms with Crippen LogP contribution in [0.25, 0.3) is 0 Å². The summed E-state index contributed by atoms with van der Waals surface area (Å²) in [6.07, 6.45) is 0. The zero-order chi connectivity index (χ0) is 29.8. The fourth-order valence-electron chi connectivity index (χ4n) is 4.99. The van der Waals surface area contributed by atoms with Gasteiger partial charge in [0, 0.05) is 35.1 Å². The van der Waals surface area contributed by atoms with Crippen LogP contribution in [-0.2, 0) is 15.0 Å². The summed E-state index contributed by atoms with van der Waals surface area (Å²) in [6.45, 7) is 11.0. The van der Waals surface area contributed by atoms with Gasteiger partial charge in [-0.25, -0.2) is 4.39 Å². The number of anilines is 2. The lowest BCUT2D eigenvalue weighted by molar-refractivity contribution is -0.119. The predicted octanol–water partition coefficient (Wildman–Crippen LogP) is 4.81. The van der Waals surface area contributed by atoms with E-state index in [9.17, 15) is 18.8 Å². The molecule has 8 nitrogen and oxygen atoms in total. The van der Waals surface area contributed by atoms with Crippen molar-refractivity contribution in [3.8, 4) is 11.8 Å². The van der Waals surface area contributed by atoms with Gasteiger partial charge in [-0.2, -0.15) is 0 Å². The first-order valence-electron chi connectivity index (χ1n) is 13.2. The van der Waals surface area contributed by atoms with Crippen molar-refractivity contribution in [1.82, 2.24) is 10.3 Å². The Bertz CT molecular complexity index is 1500. The maximum absolute atomic E-state index is 13.3. The summed E-state index contributed by atoms with van der Waals surface area (Å²) in [5, 5.41) is 8.68. The number of carbonyl (C=O) groups excluding carboxylic acids is 3. The van der Waals surface area contributed by atoms with Crippen LogP contribution < -0.4 is 21.7 Å². The molecule has 9 heteroatoms. The van der Waals surface area contributed by atoms with Gasteiger partial charge >= 0.3 is 0 Å². The van der Waals surface area contributed by atoms with Crippen molar-refractivity contribution < 1.29 is 18.8 Å². The summed E-state index contributed by atoms with van der Waals surface area (Å²) in [4.78, 5) is 41.3. The van der Waals surface area contributed by atoms with Crippen LogP contribution in [0.15, 0.2) is 42.5 Å². The lowest BCUT2D eigenvalue weighted by atomic mass is 9.64. The summed E-state index contributed by atoms with van der Waals surface area (Å²) in [5.74, 6) is 4.65. The Labute approximate surface area is 234 Å². The molecule has 0 saturated heterocycles. The Morgan fingerprint density at radius 2 is 1.75 bits per heavy atom. The van der Waals surface area contributed by atoms with Crippen molar-refractivity contribution in [2.24, 2.45) is 5.73 Å². The molecule has 1 spiro atoms. The summed E-state index contributed by atoms with van der Waals surface area (Å²) in [7, 11) is 1.50. The topological polar surface area (TPSA) is 129 Å². The molecule has 210 valence electrons. The molecule has 1 aromatic heterocycles.